The maximum absolute atomic E-state index is 12.3. The molecule has 6 heteroatoms. The highest BCUT2D eigenvalue weighted by Gasteiger charge is 2.33. The normalized spacial score (nSPS) is 33.7. The first kappa shape index (κ1) is 15.2. The van der Waals surface area contributed by atoms with Gasteiger partial charge in [-0.3, -0.25) is 0 Å². The van der Waals surface area contributed by atoms with Gasteiger partial charge in [-0.25, -0.2) is 4.72 Å². The minimum Gasteiger partial charge on any atom is -0.395 e. The van der Waals surface area contributed by atoms with E-state index in [4.69, 9.17) is 0 Å². The first-order valence-corrected chi connectivity index (χ1v) is 8.86. The summed E-state index contributed by atoms with van der Waals surface area (Å²) in [7, 11) is -3.43. The molecule has 0 aromatic heterocycles. The number of rotatable bonds is 5. The van der Waals surface area contributed by atoms with Gasteiger partial charge in [0.1, 0.15) is 0 Å². The van der Waals surface area contributed by atoms with Gasteiger partial charge in [0.15, 0.2) is 0 Å². The van der Waals surface area contributed by atoms with Gasteiger partial charge in [-0.2, -0.15) is 12.7 Å². The van der Waals surface area contributed by atoms with E-state index in [0.29, 0.717) is 24.9 Å². The molecule has 112 valence electrons. The van der Waals surface area contributed by atoms with Crippen molar-refractivity contribution in [2.75, 3.05) is 19.7 Å². The van der Waals surface area contributed by atoms with E-state index in [1.807, 2.05) is 0 Å². The van der Waals surface area contributed by atoms with Crippen LogP contribution in [0.15, 0.2) is 0 Å². The molecule has 0 amide bonds. The molecule has 1 saturated heterocycles. The van der Waals surface area contributed by atoms with Gasteiger partial charge >= 0.3 is 0 Å². The van der Waals surface area contributed by atoms with Crippen molar-refractivity contribution in [2.45, 2.75) is 51.5 Å². The summed E-state index contributed by atoms with van der Waals surface area (Å²) in [5, 5.41) is 9.31. The summed E-state index contributed by atoms with van der Waals surface area (Å²) in [5.41, 5.74) is 0. The van der Waals surface area contributed by atoms with Crippen LogP contribution < -0.4 is 4.72 Å². The molecule has 3 atom stereocenters. The summed E-state index contributed by atoms with van der Waals surface area (Å²) in [6, 6.07) is -0.243. The molecule has 1 aliphatic carbocycles. The van der Waals surface area contributed by atoms with Gasteiger partial charge < -0.3 is 5.11 Å². The molecule has 5 nitrogen and oxygen atoms in total. The van der Waals surface area contributed by atoms with Crippen LogP contribution in [0, 0.1) is 11.8 Å². The smallest absolute Gasteiger partial charge is 0.279 e. The number of hydrogen-bond donors (Lipinski definition) is 2. The Labute approximate surface area is 116 Å². The van der Waals surface area contributed by atoms with Crippen LogP contribution in [-0.2, 0) is 10.2 Å². The second-order valence-corrected chi connectivity index (χ2v) is 7.67. The van der Waals surface area contributed by atoms with Crippen molar-refractivity contribution in [3.05, 3.63) is 0 Å². The van der Waals surface area contributed by atoms with E-state index in [1.54, 1.807) is 0 Å². The SMILES string of the molecule is CC1CCCC1CNS(=O)(=O)N1CCCCC1CO. The Morgan fingerprint density at radius 2 is 2.00 bits per heavy atom. The zero-order valence-corrected chi connectivity index (χ0v) is 12.5. The average Bonchev–Trinajstić information content (AvgIpc) is 2.82. The Balaban J connectivity index is 1.93. The molecular formula is C13H26N2O3S. The van der Waals surface area contributed by atoms with Crippen molar-refractivity contribution in [2.24, 2.45) is 11.8 Å². The topological polar surface area (TPSA) is 69.6 Å². The summed E-state index contributed by atoms with van der Waals surface area (Å²) in [6.07, 6.45) is 6.17. The van der Waals surface area contributed by atoms with Gasteiger partial charge in [-0.15, -0.1) is 0 Å². The van der Waals surface area contributed by atoms with E-state index >= 15 is 0 Å². The Morgan fingerprint density at radius 1 is 1.21 bits per heavy atom. The van der Waals surface area contributed by atoms with Crippen LogP contribution in [0.2, 0.25) is 0 Å². The number of nitrogens with one attached hydrogen (secondary N) is 1. The molecule has 1 saturated carbocycles. The van der Waals surface area contributed by atoms with E-state index in [1.165, 1.54) is 17.1 Å². The van der Waals surface area contributed by atoms with Gasteiger partial charge in [0, 0.05) is 19.1 Å². The van der Waals surface area contributed by atoms with Crippen molar-refractivity contribution in [3.8, 4) is 0 Å². The second kappa shape index (κ2) is 6.52. The number of nitrogens with zero attached hydrogens (tertiary/aromatic N) is 1. The lowest BCUT2D eigenvalue weighted by molar-refractivity contribution is 0.153. The standard InChI is InChI=1S/C13H26N2O3S/c1-11-5-4-6-12(11)9-14-19(17,18)15-8-3-2-7-13(15)10-16/h11-14,16H,2-10H2,1H3. The molecule has 2 fully saturated rings. The molecule has 0 bridgehead atoms. The largest absolute Gasteiger partial charge is 0.395 e. The molecule has 0 aromatic carbocycles. The lowest BCUT2D eigenvalue weighted by atomic mass is 9.99. The van der Waals surface area contributed by atoms with Crippen molar-refractivity contribution in [1.29, 1.82) is 0 Å². The fourth-order valence-corrected chi connectivity index (χ4v) is 4.82. The van der Waals surface area contributed by atoms with Crippen LogP contribution in [0.5, 0.6) is 0 Å². The highest BCUT2D eigenvalue weighted by Crippen LogP contribution is 2.30. The van der Waals surface area contributed by atoms with E-state index in [9.17, 15) is 13.5 Å². The molecule has 19 heavy (non-hydrogen) atoms. The van der Waals surface area contributed by atoms with Crippen LogP contribution in [-0.4, -0.2) is 43.6 Å². The summed E-state index contributed by atoms with van der Waals surface area (Å²) in [6.45, 7) is 3.18. The maximum Gasteiger partial charge on any atom is 0.279 e. The average molecular weight is 290 g/mol. The van der Waals surface area contributed by atoms with Crippen LogP contribution in [0.1, 0.15) is 45.4 Å². The molecule has 2 N–H and O–H groups in total. The predicted molar refractivity (Wildman–Crippen MR) is 74.9 cm³/mol. The Hall–Kier alpha value is -0.170. The molecule has 2 rings (SSSR count). The number of aliphatic hydroxyl groups is 1. The van der Waals surface area contributed by atoms with Crippen molar-refractivity contribution >= 4 is 10.2 Å². The van der Waals surface area contributed by atoms with Gasteiger partial charge in [0.2, 0.25) is 0 Å². The molecule has 0 radical (unpaired) electrons. The summed E-state index contributed by atoms with van der Waals surface area (Å²) >= 11 is 0. The summed E-state index contributed by atoms with van der Waals surface area (Å²) in [5.74, 6) is 1.07. The number of piperidine rings is 1. The molecule has 0 aromatic rings. The predicted octanol–water partition coefficient (Wildman–Crippen LogP) is 1.10. The van der Waals surface area contributed by atoms with E-state index in [-0.39, 0.29) is 12.6 Å². The monoisotopic (exact) mass is 290 g/mol. The molecule has 1 heterocycles. The third-order valence-electron chi connectivity index (χ3n) is 4.66. The minimum atomic E-state index is -3.43. The molecule has 0 spiro atoms. The molecular weight excluding hydrogens is 264 g/mol. The Bertz CT molecular complexity index is 385. The Kier molecular flexibility index (Phi) is 5.22. The number of aliphatic hydroxyl groups excluding tert-OH is 1. The van der Waals surface area contributed by atoms with E-state index in [0.717, 1.165) is 25.7 Å². The van der Waals surface area contributed by atoms with Crippen molar-refractivity contribution < 1.29 is 13.5 Å². The minimum absolute atomic E-state index is 0.0826. The molecule has 3 unspecified atom stereocenters. The zero-order chi connectivity index (χ0) is 13.9. The van der Waals surface area contributed by atoms with Gasteiger partial charge in [0.05, 0.1) is 6.61 Å². The van der Waals surface area contributed by atoms with Crippen LogP contribution in [0.3, 0.4) is 0 Å². The van der Waals surface area contributed by atoms with E-state index in [2.05, 4.69) is 11.6 Å². The van der Waals surface area contributed by atoms with Crippen molar-refractivity contribution in [3.63, 3.8) is 0 Å². The van der Waals surface area contributed by atoms with Gasteiger partial charge in [-0.05, 0) is 31.1 Å². The fourth-order valence-electron chi connectivity index (χ4n) is 3.29. The Morgan fingerprint density at radius 3 is 2.63 bits per heavy atom. The lowest BCUT2D eigenvalue weighted by Crippen LogP contribution is -2.51. The molecule has 1 aliphatic heterocycles. The van der Waals surface area contributed by atoms with E-state index < -0.39 is 10.2 Å². The zero-order valence-electron chi connectivity index (χ0n) is 11.7. The van der Waals surface area contributed by atoms with Crippen molar-refractivity contribution in [1.82, 2.24) is 9.03 Å². The fraction of sp³-hybridized carbons (Fsp3) is 1.00. The highest BCUT2D eigenvalue weighted by molar-refractivity contribution is 7.87. The maximum atomic E-state index is 12.3. The summed E-state index contributed by atoms with van der Waals surface area (Å²) < 4.78 is 28.9. The quantitative estimate of drug-likeness (QED) is 0.797. The number of hydrogen-bond acceptors (Lipinski definition) is 3. The van der Waals surface area contributed by atoms with Crippen LogP contribution in [0.4, 0.5) is 0 Å². The first-order chi connectivity index (χ1) is 9.04. The second-order valence-electron chi connectivity index (χ2n) is 5.96. The first-order valence-electron chi connectivity index (χ1n) is 7.42. The third-order valence-corrected chi connectivity index (χ3v) is 6.29. The third kappa shape index (κ3) is 3.68. The summed E-state index contributed by atoms with van der Waals surface area (Å²) in [4.78, 5) is 0. The van der Waals surface area contributed by atoms with Gasteiger partial charge in [0.25, 0.3) is 10.2 Å². The van der Waals surface area contributed by atoms with Gasteiger partial charge in [-0.1, -0.05) is 26.2 Å². The highest BCUT2D eigenvalue weighted by atomic mass is 32.2. The molecule has 2 aliphatic rings. The van der Waals surface area contributed by atoms with Crippen LogP contribution in [0.25, 0.3) is 0 Å². The van der Waals surface area contributed by atoms with Crippen LogP contribution >= 0.6 is 0 Å². The lowest BCUT2D eigenvalue weighted by Gasteiger charge is -2.33.